The highest BCUT2D eigenvalue weighted by atomic mass is 28.3. The Morgan fingerprint density at radius 3 is 2.40 bits per heavy atom. The van der Waals surface area contributed by atoms with Gasteiger partial charge in [-0.3, -0.25) is 0 Å². The minimum absolute atomic E-state index is 0.297. The molecule has 0 aliphatic carbocycles. The average molecular weight is 152 g/mol. The zero-order chi connectivity index (χ0) is 7.40. The molecule has 1 aromatic rings. The van der Waals surface area contributed by atoms with Crippen molar-refractivity contribution in [2.45, 2.75) is 6.04 Å². The normalized spacial score (nSPS) is 9.20. The second-order valence-electron chi connectivity index (χ2n) is 2.06. The molecule has 0 radical (unpaired) electrons. The molecule has 1 aromatic carbocycles. The predicted molar refractivity (Wildman–Crippen MR) is 38.8 cm³/mol. The highest BCUT2D eigenvalue weighted by Gasteiger charge is 2.01. The largest absolute Gasteiger partial charge is 0.539 e. The van der Waals surface area contributed by atoms with Gasteiger partial charge in [-0.05, 0) is 5.56 Å². The topological polar surface area (TPSA) is 37.3 Å². The first-order valence-electron chi connectivity index (χ1n) is 3.05. The van der Waals surface area contributed by atoms with Crippen LogP contribution in [0.3, 0.4) is 0 Å². The molecule has 10 heavy (non-hydrogen) atoms. The third kappa shape index (κ3) is 2.11. The Balaban J connectivity index is 2.67. The molecule has 0 aliphatic rings. The van der Waals surface area contributed by atoms with E-state index >= 15 is 0 Å². The van der Waals surface area contributed by atoms with Crippen LogP contribution in [0.2, 0.25) is 0 Å². The van der Waals surface area contributed by atoms with Crippen molar-refractivity contribution in [3.8, 4) is 0 Å². The van der Waals surface area contributed by atoms with E-state index in [1.807, 2.05) is 30.3 Å². The number of benzene rings is 1. The lowest BCUT2D eigenvalue weighted by Gasteiger charge is -1.91. The Morgan fingerprint density at radius 1 is 1.30 bits per heavy atom. The second-order valence-corrected chi connectivity index (χ2v) is 3.20. The van der Waals surface area contributed by atoms with Gasteiger partial charge in [0, 0.05) is 0 Å². The minimum atomic E-state index is -2.34. The van der Waals surface area contributed by atoms with E-state index in [1.54, 1.807) is 0 Å². The average Bonchev–Trinajstić information content (AvgIpc) is 1.88. The van der Waals surface area contributed by atoms with E-state index < -0.39 is 8.93 Å². The summed E-state index contributed by atoms with van der Waals surface area (Å²) >= 11 is 0. The van der Waals surface area contributed by atoms with Crippen molar-refractivity contribution in [3.63, 3.8) is 0 Å². The van der Waals surface area contributed by atoms with Crippen LogP contribution >= 0.6 is 0 Å². The van der Waals surface area contributed by atoms with Crippen LogP contribution in [0.5, 0.6) is 0 Å². The van der Waals surface area contributed by atoms with Crippen LogP contribution in [0, 0.1) is 0 Å². The molecule has 3 heteroatoms. The fourth-order valence-corrected chi connectivity index (χ4v) is 1.36. The van der Waals surface area contributed by atoms with Crippen LogP contribution < -0.4 is 0 Å². The zero-order valence-electron chi connectivity index (χ0n) is 5.45. The third-order valence-corrected chi connectivity index (χ3v) is 1.91. The van der Waals surface area contributed by atoms with Gasteiger partial charge in [-0.25, -0.2) is 0 Å². The number of rotatable bonds is 2. The minimum Gasteiger partial charge on any atom is -0.539 e. The van der Waals surface area contributed by atoms with Gasteiger partial charge in [0.1, 0.15) is 0 Å². The van der Waals surface area contributed by atoms with Crippen molar-refractivity contribution in [3.05, 3.63) is 35.9 Å². The highest BCUT2D eigenvalue weighted by Crippen LogP contribution is 1.97. The molecule has 0 amide bonds. The Bertz CT molecular complexity index is 220. The maximum Gasteiger partial charge on any atom is 0.504 e. The van der Waals surface area contributed by atoms with E-state index in [2.05, 4.69) is 0 Å². The van der Waals surface area contributed by atoms with Crippen LogP contribution in [0.25, 0.3) is 0 Å². The van der Waals surface area contributed by atoms with Crippen molar-refractivity contribution in [1.29, 1.82) is 0 Å². The Morgan fingerprint density at radius 2 is 1.90 bits per heavy atom. The van der Waals surface area contributed by atoms with Gasteiger partial charge in [0.25, 0.3) is 0 Å². The molecule has 0 aliphatic heterocycles. The van der Waals surface area contributed by atoms with Crippen molar-refractivity contribution in [1.82, 2.24) is 0 Å². The van der Waals surface area contributed by atoms with Gasteiger partial charge < -0.3 is 9.26 Å². The van der Waals surface area contributed by atoms with Gasteiger partial charge in [0.15, 0.2) is 0 Å². The molecule has 0 atom stereocenters. The summed E-state index contributed by atoms with van der Waals surface area (Å²) in [5.41, 5.74) is 0.925. The van der Waals surface area contributed by atoms with Crippen LogP contribution in [0.4, 0.5) is 0 Å². The number of hydrogen-bond acceptors (Lipinski definition) is 1. The van der Waals surface area contributed by atoms with Crippen molar-refractivity contribution in [2.24, 2.45) is 0 Å². The summed E-state index contributed by atoms with van der Waals surface area (Å²) in [6.07, 6.45) is 0. The van der Waals surface area contributed by atoms with Gasteiger partial charge in [-0.2, -0.15) is 0 Å². The first-order chi connectivity index (χ1) is 4.79. The molecule has 2 nitrogen and oxygen atoms in total. The maximum atomic E-state index is 10.4. The van der Waals surface area contributed by atoms with Gasteiger partial charge in [0.2, 0.25) is 0 Å². The monoisotopic (exact) mass is 152 g/mol. The second kappa shape index (κ2) is 3.27. The zero-order valence-corrected chi connectivity index (χ0v) is 6.45. The summed E-state index contributed by atoms with van der Waals surface area (Å²) in [5, 5.41) is 0. The third-order valence-electron chi connectivity index (χ3n) is 1.20. The van der Waals surface area contributed by atoms with Gasteiger partial charge in [-0.1, -0.05) is 30.3 Å². The van der Waals surface area contributed by atoms with Crippen LogP contribution in [-0.2, 0) is 10.5 Å². The Kier molecular flexibility index (Phi) is 2.34. The molecular formula is C7H8O2Si. The summed E-state index contributed by atoms with van der Waals surface area (Å²) in [5.74, 6) is 0. The standard InChI is InChI=1S/C7H8O2Si/c8-10(9)6-7-4-2-1-3-5-7/h1-5,8H,6H2. The molecule has 0 heterocycles. The lowest BCUT2D eigenvalue weighted by molar-refractivity contribution is 0.446. The van der Waals surface area contributed by atoms with E-state index in [-0.39, 0.29) is 0 Å². The maximum absolute atomic E-state index is 10.4. The van der Waals surface area contributed by atoms with E-state index in [4.69, 9.17) is 4.80 Å². The van der Waals surface area contributed by atoms with Gasteiger partial charge in [-0.15, -0.1) is 0 Å². The lowest BCUT2D eigenvalue weighted by atomic mass is 10.2. The van der Waals surface area contributed by atoms with Gasteiger partial charge >= 0.3 is 8.93 Å². The summed E-state index contributed by atoms with van der Waals surface area (Å²) in [4.78, 5) is 8.55. The van der Waals surface area contributed by atoms with Crippen molar-refractivity contribution < 1.29 is 9.26 Å². The summed E-state index contributed by atoms with van der Waals surface area (Å²) in [6.45, 7) is 0. The van der Waals surface area contributed by atoms with E-state index in [0.717, 1.165) is 5.56 Å². The molecule has 1 rings (SSSR count). The van der Waals surface area contributed by atoms with Crippen LogP contribution in [0.1, 0.15) is 5.56 Å². The molecule has 1 N–H and O–H groups in total. The molecule has 0 saturated heterocycles. The first-order valence-corrected chi connectivity index (χ1v) is 4.61. The summed E-state index contributed by atoms with van der Waals surface area (Å²) in [6, 6.07) is 9.60. The highest BCUT2D eigenvalue weighted by molar-refractivity contribution is 6.32. The summed E-state index contributed by atoms with van der Waals surface area (Å²) < 4.78 is 10.4. The van der Waals surface area contributed by atoms with E-state index in [1.165, 1.54) is 0 Å². The van der Waals surface area contributed by atoms with Crippen LogP contribution in [-0.4, -0.2) is 13.7 Å². The quantitative estimate of drug-likeness (QED) is 0.633. The molecule has 0 saturated carbocycles. The predicted octanol–water partition coefficient (Wildman–Crippen LogP) is 0.679. The lowest BCUT2D eigenvalue weighted by Crippen LogP contribution is -2.02. The fourth-order valence-electron chi connectivity index (χ4n) is 0.770. The van der Waals surface area contributed by atoms with Crippen molar-refractivity contribution in [2.75, 3.05) is 0 Å². The van der Waals surface area contributed by atoms with E-state index in [0.29, 0.717) is 6.04 Å². The smallest absolute Gasteiger partial charge is 0.504 e. The Labute approximate surface area is 60.9 Å². The molecule has 0 fully saturated rings. The Hall–Kier alpha value is -0.963. The summed E-state index contributed by atoms with van der Waals surface area (Å²) in [7, 11) is -2.34. The molecule has 0 aromatic heterocycles. The molecular weight excluding hydrogens is 144 g/mol. The van der Waals surface area contributed by atoms with Crippen LogP contribution in [0.15, 0.2) is 30.3 Å². The van der Waals surface area contributed by atoms with Gasteiger partial charge in [0.05, 0.1) is 6.04 Å². The number of hydrogen-bond donors (Lipinski definition) is 1. The molecule has 0 spiro atoms. The molecule has 52 valence electrons. The SMILES string of the molecule is O=[Si](O)Cc1ccccc1. The van der Waals surface area contributed by atoms with Crippen molar-refractivity contribution >= 4 is 8.93 Å². The first kappa shape index (κ1) is 7.15. The molecule has 0 bridgehead atoms. The molecule has 0 unspecified atom stereocenters. The fraction of sp³-hybridized carbons (Fsp3) is 0.143. The van der Waals surface area contributed by atoms with E-state index in [9.17, 15) is 4.46 Å².